The lowest BCUT2D eigenvalue weighted by Gasteiger charge is -2.01. The molecule has 0 amide bonds. The van der Waals surface area contributed by atoms with Crippen molar-refractivity contribution in [2.24, 2.45) is 5.14 Å². The van der Waals surface area contributed by atoms with Gasteiger partial charge in [-0.25, -0.2) is 10.1 Å². The molecule has 0 bridgehead atoms. The molecule has 0 aliphatic heterocycles. The summed E-state index contributed by atoms with van der Waals surface area (Å²) < 4.78 is 23.1. The van der Waals surface area contributed by atoms with Crippen molar-refractivity contribution in [3.05, 3.63) is 23.9 Å². The van der Waals surface area contributed by atoms with Crippen molar-refractivity contribution in [1.29, 1.82) is 0 Å². The maximum absolute atomic E-state index is 10.5. The molecule has 0 spiro atoms. The van der Waals surface area contributed by atoms with Crippen molar-refractivity contribution in [3.8, 4) is 0 Å². The van der Waals surface area contributed by atoms with E-state index < -0.39 is 10.2 Å². The van der Waals surface area contributed by atoms with Crippen LogP contribution in [0.25, 0.3) is 0 Å². The molecule has 5 nitrogen and oxygen atoms in total. The number of aryl methyl sites for hydroxylation is 1. The Morgan fingerprint density at radius 2 is 2.17 bits per heavy atom. The standard InChI is InChI=1S/C6H9N3O2S/c1-5-2-3-6(8-4-5)9-12(7,10)11/h2-4H,1H3,(H,8,9)(H2,7,10,11). The number of nitrogens with zero attached hydrogens (tertiary/aromatic N) is 1. The Hall–Kier alpha value is -1.14. The molecule has 0 radical (unpaired) electrons. The summed E-state index contributed by atoms with van der Waals surface area (Å²) in [6, 6.07) is 3.28. The lowest BCUT2D eigenvalue weighted by Crippen LogP contribution is -2.22. The minimum absolute atomic E-state index is 0.225. The van der Waals surface area contributed by atoms with Gasteiger partial charge in [-0.15, -0.1) is 0 Å². The van der Waals surface area contributed by atoms with E-state index in [1.165, 1.54) is 0 Å². The Labute approximate surface area is 70.8 Å². The van der Waals surface area contributed by atoms with Gasteiger partial charge in [-0.3, -0.25) is 4.72 Å². The topological polar surface area (TPSA) is 85.1 Å². The number of pyridine rings is 1. The van der Waals surface area contributed by atoms with Crippen molar-refractivity contribution >= 4 is 16.0 Å². The first kappa shape index (κ1) is 8.95. The van der Waals surface area contributed by atoms with Gasteiger partial charge >= 0.3 is 0 Å². The van der Waals surface area contributed by atoms with Crippen LogP contribution in [0.4, 0.5) is 5.82 Å². The van der Waals surface area contributed by atoms with Crippen LogP contribution in [-0.4, -0.2) is 13.4 Å². The van der Waals surface area contributed by atoms with Gasteiger partial charge in [0.15, 0.2) is 0 Å². The Morgan fingerprint density at radius 3 is 2.58 bits per heavy atom. The Morgan fingerprint density at radius 1 is 1.50 bits per heavy atom. The number of nitrogens with two attached hydrogens (primary N) is 1. The van der Waals surface area contributed by atoms with E-state index in [2.05, 4.69) is 4.98 Å². The first-order chi connectivity index (χ1) is 5.47. The highest BCUT2D eigenvalue weighted by atomic mass is 32.2. The van der Waals surface area contributed by atoms with Gasteiger partial charge in [0, 0.05) is 6.20 Å². The van der Waals surface area contributed by atoms with Crippen LogP contribution in [0.5, 0.6) is 0 Å². The molecule has 66 valence electrons. The first-order valence-electron chi connectivity index (χ1n) is 3.20. The number of hydrogen-bond acceptors (Lipinski definition) is 3. The molecule has 0 saturated carbocycles. The summed E-state index contributed by atoms with van der Waals surface area (Å²) in [5.74, 6) is 0.225. The summed E-state index contributed by atoms with van der Waals surface area (Å²) in [5.41, 5.74) is 0.954. The van der Waals surface area contributed by atoms with Crippen molar-refractivity contribution in [2.45, 2.75) is 6.92 Å². The van der Waals surface area contributed by atoms with Crippen LogP contribution in [0.1, 0.15) is 5.56 Å². The van der Waals surface area contributed by atoms with Crippen LogP contribution in [0.2, 0.25) is 0 Å². The molecule has 0 saturated heterocycles. The van der Waals surface area contributed by atoms with E-state index in [9.17, 15) is 8.42 Å². The summed E-state index contributed by atoms with van der Waals surface area (Å²) in [6.07, 6.45) is 1.55. The van der Waals surface area contributed by atoms with E-state index in [1.807, 2.05) is 11.6 Å². The molecule has 0 aliphatic rings. The lowest BCUT2D eigenvalue weighted by molar-refractivity contribution is 0.602. The number of rotatable bonds is 2. The van der Waals surface area contributed by atoms with Crippen molar-refractivity contribution < 1.29 is 8.42 Å². The van der Waals surface area contributed by atoms with Gasteiger partial charge in [-0.2, -0.15) is 8.42 Å². The second-order valence-corrected chi connectivity index (χ2v) is 3.66. The van der Waals surface area contributed by atoms with Gasteiger partial charge in [0.2, 0.25) is 0 Å². The number of hydrogen-bond donors (Lipinski definition) is 2. The molecule has 0 atom stereocenters. The molecule has 1 rings (SSSR count). The fraction of sp³-hybridized carbons (Fsp3) is 0.167. The molecular weight excluding hydrogens is 178 g/mol. The van der Waals surface area contributed by atoms with Crippen LogP contribution in [0.15, 0.2) is 18.3 Å². The van der Waals surface area contributed by atoms with E-state index in [0.29, 0.717) is 0 Å². The van der Waals surface area contributed by atoms with Gasteiger partial charge in [0.25, 0.3) is 10.2 Å². The SMILES string of the molecule is Cc1ccc(NS(N)(=O)=O)nc1. The first-order valence-corrected chi connectivity index (χ1v) is 4.75. The van der Waals surface area contributed by atoms with Crippen LogP contribution in [-0.2, 0) is 10.2 Å². The quantitative estimate of drug-likeness (QED) is 0.683. The van der Waals surface area contributed by atoms with Crippen LogP contribution in [0, 0.1) is 6.92 Å². The number of aromatic nitrogens is 1. The van der Waals surface area contributed by atoms with Gasteiger partial charge in [-0.1, -0.05) is 6.07 Å². The van der Waals surface area contributed by atoms with E-state index in [1.54, 1.807) is 18.3 Å². The molecule has 6 heteroatoms. The second kappa shape index (κ2) is 3.08. The molecule has 0 fully saturated rings. The minimum atomic E-state index is -3.70. The highest BCUT2D eigenvalue weighted by molar-refractivity contribution is 7.90. The lowest BCUT2D eigenvalue weighted by atomic mass is 10.3. The number of nitrogens with one attached hydrogen (secondary N) is 1. The van der Waals surface area contributed by atoms with Crippen LogP contribution < -0.4 is 9.86 Å². The van der Waals surface area contributed by atoms with Crippen LogP contribution in [0.3, 0.4) is 0 Å². The van der Waals surface area contributed by atoms with Gasteiger partial charge in [-0.05, 0) is 18.6 Å². The van der Waals surface area contributed by atoms with E-state index in [0.717, 1.165) is 5.56 Å². The molecule has 1 heterocycles. The Bertz CT molecular complexity index is 357. The monoisotopic (exact) mass is 187 g/mol. The second-order valence-electron chi connectivity index (χ2n) is 2.37. The largest absolute Gasteiger partial charge is 0.297 e. The summed E-state index contributed by atoms with van der Waals surface area (Å²) in [6.45, 7) is 1.85. The molecule has 1 aromatic heterocycles. The summed E-state index contributed by atoms with van der Waals surface area (Å²) in [7, 11) is -3.70. The molecule has 0 aromatic carbocycles. The Kier molecular flexibility index (Phi) is 2.30. The van der Waals surface area contributed by atoms with Crippen molar-refractivity contribution in [1.82, 2.24) is 4.98 Å². The zero-order valence-electron chi connectivity index (χ0n) is 6.48. The molecule has 3 N–H and O–H groups in total. The maximum atomic E-state index is 10.5. The van der Waals surface area contributed by atoms with Crippen molar-refractivity contribution in [3.63, 3.8) is 0 Å². The third kappa shape index (κ3) is 2.85. The third-order valence-electron chi connectivity index (χ3n) is 1.16. The molecule has 1 aromatic rings. The predicted octanol–water partition coefficient (Wildman–Crippen LogP) is 0.00542. The van der Waals surface area contributed by atoms with Crippen molar-refractivity contribution in [2.75, 3.05) is 4.72 Å². The van der Waals surface area contributed by atoms with E-state index >= 15 is 0 Å². The average molecular weight is 187 g/mol. The average Bonchev–Trinajstić information content (AvgIpc) is 1.91. The smallest absolute Gasteiger partial charge is 0.255 e. The zero-order chi connectivity index (χ0) is 9.19. The fourth-order valence-corrected chi connectivity index (χ4v) is 1.09. The predicted molar refractivity (Wildman–Crippen MR) is 45.7 cm³/mol. The highest BCUT2D eigenvalue weighted by Gasteiger charge is 2.01. The van der Waals surface area contributed by atoms with Crippen LogP contribution >= 0.6 is 0 Å². The third-order valence-corrected chi connectivity index (χ3v) is 1.65. The van der Waals surface area contributed by atoms with Gasteiger partial charge in [0.05, 0.1) is 0 Å². The summed E-state index contributed by atoms with van der Waals surface area (Å²) in [5, 5.41) is 4.73. The van der Waals surface area contributed by atoms with E-state index in [-0.39, 0.29) is 5.82 Å². The van der Waals surface area contributed by atoms with Gasteiger partial charge in [0.1, 0.15) is 5.82 Å². The molecule has 0 unspecified atom stereocenters. The molecular formula is C6H9N3O2S. The summed E-state index contributed by atoms with van der Waals surface area (Å²) in [4.78, 5) is 3.79. The minimum Gasteiger partial charge on any atom is -0.255 e. The van der Waals surface area contributed by atoms with E-state index in [4.69, 9.17) is 5.14 Å². The zero-order valence-corrected chi connectivity index (χ0v) is 7.30. The number of anilines is 1. The van der Waals surface area contributed by atoms with Gasteiger partial charge < -0.3 is 0 Å². The molecule has 12 heavy (non-hydrogen) atoms. The maximum Gasteiger partial charge on any atom is 0.297 e. The normalized spacial score (nSPS) is 11.2. The highest BCUT2D eigenvalue weighted by Crippen LogP contribution is 2.03. The summed E-state index contributed by atoms with van der Waals surface area (Å²) >= 11 is 0. The fourth-order valence-electron chi connectivity index (χ4n) is 0.674. The molecule has 0 aliphatic carbocycles. The Balaban J connectivity index is 2.85.